The van der Waals surface area contributed by atoms with Gasteiger partial charge in [0.2, 0.25) is 0 Å². The summed E-state index contributed by atoms with van der Waals surface area (Å²) < 4.78 is 0. The summed E-state index contributed by atoms with van der Waals surface area (Å²) in [5.41, 5.74) is 4.06. The van der Waals surface area contributed by atoms with Crippen molar-refractivity contribution >= 4 is 35.4 Å². The van der Waals surface area contributed by atoms with Gasteiger partial charge in [0.25, 0.3) is 0 Å². The Morgan fingerprint density at radius 2 is 1.19 bits per heavy atom. The van der Waals surface area contributed by atoms with Gasteiger partial charge >= 0.3 is 0 Å². The molecule has 36 heavy (non-hydrogen) atoms. The molecule has 0 amide bonds. The van der Waals surface area contributed by atoms with Gasteiger partial charge in [0.1, 0.15) is 0 Å². The summed E-state index contributed by atoms with van der Waals surface area (Å²) >= 11 is 0. The van der Waals surface area contributed by atoms with Crippen molar-refractivity contribution in [2.75, 3.05) is 14.1 Å². The van der Waals surface area contributed by atoms with Gasteiger partial charge in [-0.1, -0.05) is 140 Å². The molecule has 1 aliphatic rings. The van der Waals surface area contributed by atoms with E-state index in [0.29, 0.717) is 0 Å². The van der Waals surface area contributed by atoms with E-state index in [9.17, 15) is 0 Å². The van der Waals surface area contributed by atoms with E-state index in [1.165, 1.54) is 38.1 Å². The summed E-state index contributed by atoms with van der Waals surface area (Å²) in [6, 6.07) is 47.0. The van der Waals surface area contributed by atoms with E-state index < -0.39 is 7.92 Å². The van der Waals surface area contributed by atoms with Crippen molar-refractivity contribution in [2.45, 2.75) is 11.2 Å². The molecule has 0 aliphatic heterocycles. The fourth-order valence-corrected chi connectivity index (χ4v) is 9.28. The van der Waals surface area contributed by atoms with Crippen LogP contribution in [0.3, 0.4) is 0 Å². The van der Waals surface area contributed by atoms with Gasteiger partial charge < -0.3 is 0 Å². The molecule has 176 valence electrons. The molecule has 5 aromatic carbocycles. The van der Waals surface area contributed by atoms with E-state index >= 15 is 0 Å². The van der Waals surface area contributed by atoms with Gasteiger partial charge in [-0.2, -0.15) is 0 Å². The van der Waals surface area contributed by atoms with Crippen molar-refractivity contribution in [3.8, 4) is 0 Å². The standard InChI is InChI=1S/C34H30NP/c1-35(2)34(36(30-16-5-3-6-17-30)31-18-7-4-8-19-31)32-20-12-11-14-27(32)23-24-33(34)29-22-21-26-13-9-10-15-28(26)25-29/h3-25,33H,1-2H3. The molecule has 0 spiro atoms. The zero-order valence-corrected chi connectivity index (χ0v) is 21.6. The number of benzene rings is 5. The first-order valence-electron chi connectivity index (χ1n) is 12.5. The van der Waals surface area contributed by atoms with Crippen LogP contribution in [0.5, 0.6) is 0 Å². The van der Waals surface area contributed by atoms with Crippen molar-refractivity contribution in [1.29, 1.82) is 0 Å². The van der Waals surface area contributed by atoms with Gasteiger partial charge in [-0.15, -0.1) is 0 Å². The SMILES string of the molecule is CN(C)C1(P(c2ccccc2)c2ccccc2)c2ccccc2C=CC1c1ccc2ccccc2c1. The molecule has 0 bridgehead atoms. The summed E-state index contributed by atoms with van der Waals surface area (Å²) in [4.78, 5) is 2.50. The maximum Gasteiger partial charge on any atom is 0.0847 e. The molecule has 1 aliphatic carbocycles. The number of nitrogens with zero attached hydrogens (tertiary/aromatic N) is 1. The predicted octanol–water partition coefficient (Wildman–Crippen LogP) is 7.50. The Bertz CT molecular complexity index is 1480. The summed E-state index contributed by atoms with van der Waals surface area (Å²) in [5, 5.41) is 5.08. The first-order valence-corrected chi connectivity index (χ1v) is 13.9. The lowest BCUT2D eigenvalue weighted by atomic mass is 9.79. The second kappa shape index (κ2) is 9.51. The lowest BCUT2D eigenvalue weighted by Gasteiger charge is -2.53. The minimum atomic E-state index is -0.811. The second-order valence-corrected chi connectivity index (χ2v) is 12.0. The molecule has 0 radical (unpaired) electrons. The fourth-order valence-electron chi connectivity index (χ4n) is 5.90. The largest absolute Gasteiger partial charge is 0.295 e. The summed E-state index contributed by atoms with van der Waals surface area (Å²) in [6.07, 6.45) is 4.79. The monoisotopic (exact) mass is 483 g/mol. The topological polar surface area (TPSA) is 3.24 Å². The minimum Gasteiger partial charge on any atom is -0.295 e. The minimum absolute atomic E-state index is 0.179. The van der Waals surface area contributed by atoms with E-state index in [1.807, 2.05) is 0 Å². The van der Waals surface area contributed by atoms with Gasteiger partial charge in [-0.05, 0) is 60.1 Å². The maximum absolute atomic E-state index is 2.50. The van der Waals surface area contributed by atoms with Gasteiger partial charge in [-0.3, -0.25) is 4.90 Å². The van der Waals surface area contributed by atoms with Crippen molar-refractivity contribution in [2.24, 2.45) is 0 Å². The van der Waals surface area contributed by atoms with Gasteiger partial charge in [-0.25, -0.2) is 0 Å². The molecule has 0 aromatic heterocycles. The molecular formula is C34H30NP. The van der Waals surface area contributed by atoms with Crippen LogP contribution in [0.2, 0.25) is 0 Å². The normalized spacial score (nSPS) is 19.1. The van der Waals surface area contributed by atoms with E-state index in [2.05, 4.69) is 159 Å². The van der Waals surface area contributed by atoms with Crippen LogP contribution in [0.4, 0.5) is 0 Å². The highest BCUT2D eigenvalue weighted by atomic mass is 31.1. The lowest BCUT2D eigenvalue weighted by molar-refractivity contribution is 0.231. The molecule has 5 aromatic rings. The average Bonchev–Trinajstić information content (AvgIpc) is 2.94. The molecule has 0 N–H and O–H groups in total. The van der Waals surface area contributed by atoms with E-state index in [1.54, 1.807) is 0 Å². The Morgan fingerprint density at radius 3 is 1.86 bits per heavy atom. The Labute approximate surface area is 215 Å². The third-order valence-electron chi connectivity index (χ3n) is 7.44. The highest BCUT2D eigenvalue weighted by molar-refractivity contribution is 7.74. The molecule has 6 rings (SSSR count). The number of fused-ring (bicyclic) bond motifs is 2. The predicted molar refractivity (Wildman–Crippen MR) is 157 cm³/mol. The first kappa shape index (κ1) is 22.9. The molecule has 2 atom stereocenters. The van der Waals surface area contributed by atoms with Crippen LogP contribution in [-0.4, -0.2) is 19.0 Å². The zero-order chi connectivity index (χ0) is 24.5. The number of hydrogen-bond acceptors (Lipinski definition) is 1. The smallest absolute Gasteiger partial charge is 0.0847 e. The van der Waals surface area contributed by atoms with Gasteiger partial charge in [0, 0.05) is 5.92 Å². The molecule has 2 unspecified atom stereocenters. The molecule has 0 saturated heterocycles. The van der Waals surface area contributed by atoms with E-state index in [-0.39, 0.29) is 11.2 Å². The highest BCUT2D eigenvalue weighted by Crippen LogP contribution is 2.64. The van der Waals surface area contributed by atoms with Crippen LogP contribution >= 0.6 is 7.92 Å². The third kappa shape index (κ3) is 3.71. The quantitative estimate of drug-likeness (QED) is 0.234. The Hall–Kier alpha value is -3.51. The van der Waals surface area contributed by atoms with Crippen LogP contribution in [-0.2, 0) is 5.28 Å². The zero-order valence-electron chi connectivity index (χ0n) is 20.8. The summed E-state index contributed by atoms with van der Waals surface area (Å²) in [5.74, 6) is 0.179. The molecular weight excluding hydrogens is 453 g/mol. The lowest BCUT2D eigenvalue weighted by Crippen LogP contribution is -2.49. The van der Waals surface area contributed by atoms with Gasteiger partial charge in [0.05, 0.1) is 5.28 Å². The molecule has 2 heteroatoms. The number of rotatable bonds is 5. The molecule has 0 heterocycles. The van der Waals surface area contributed by atoms with Crippen LogP contribution < -0.4 is 10.6 Å². The van der Waals surface area contributed by atoms with Crippen molar-refractivity contribution < 1.29 is 0 Å². The second-order valence-electron chi connectivity index (χ2n) is 9.66. The first-order chi connectivity index (χ1) is 17.7. The highest BCUT2D eigenvalue weighted by Gasteiger charge is 2.51. The Morgan fingerprint density at radius 1 is 0.611 bits per heavy atom. The molecule has 0 saturated carbocycles. The average molecular weight is 484 g/mol. The third-order valence-corrected chi connectivity index (χ3v) is 10.7. The van der Waals surface area contributed by atoms with Crippen LogP contribution in [0.15, 0.2) is 133 Å². The van der Waals surface area contributed by atoms with Crippen LogP contribution in [0, 0.1) is 0 Å². The number of hydrogen-bond donors (Lipinski definition) is 0. The fraction of sp³-hybridized carbons (Fsp3) is 0.118. The molecule has 1 nitrogen and oxygen atoms in total. The van der Waals surface area contributed by atoms with E-state index in [0.717, 1.165) is 0 Å². The summed E-state index contributed by atoms with van der Waals surface area (Å²) in [6.45, 7) is 0. The molecule has 0 fully saturated rings. The Balaban J connectivity index is 1.69. The number of likely N-dealkylation sites (N-methyl/N-ethyl adjacent to an activating group) is 1. The van der Waals surface area contributed by atoms with Crippen molar-refractivity contribution in [3.63, 3.8) is 0 Å². The van der Waals surface area contributed by atoms with E-state index in [4.69, 9.17) is 0 Å². The Kier molecular flexibility index (Phi) is 6.05. The van der Waals surface area contributed by atoms with Crippen LogP contribution in [0.1, 0.15) is 22.6 Å². The van der Waals surface area contributed by atoms with Crippen molar-refractivity contribution in [3.05, 3.63) is 150 Å². The summed E-state index contributed by atoms with van der Waals surface area (Å²) in [7, 11) is 3.73. The maximum atomic E-state index is 2.50. The van der Waals surface area contributed by atoms with Gasteiger partial charge in [0.15, 0.2) is 0 Å². The van der Waals surface area contributed by atoms with Crippen LogP contribution in [0.25, 0.3) is 16.8 Å². The van der Waals surface area contributed by atoms with Crippen molar-refractivity contribution in [1.82, 2.24) is 4.90 Å².